The SMILES string of the molecule is CCOC(=O)CN1CCC(OCC2CCN(c3ccc(N)c(F)c3)CC2)CC1. The van der Waals surface area contributed by atoms with E-state index in [1.807, 2.05) is 13.0 Å². The molecule has 28 heavy (non-hydrogen) atoms. The molecule has 1 aromatic rings. The number of benzene rings is 1. The fraction of sp³-hybridized carbons (Fsp3) is 0.667. The zero-order valence-electron chi connectivity index (χ0n) is 16.7. The number of piperidine rings is 2. The Bertz CT molecular complexity index is 642. The van der Waals surface area contributed by atoms with Crippen LogP contribution in [0.5, 0.6) is 0 Å². The number of likely N-dealkylation sites (tertiary alicyclic amines) is 1. The minimum Gasteiger partial charge on any atom is -0.465 e. The van der Waals surface area contributed by atoms with Crippen molar-refractivity contribution in [1.82, 2.24) is 4.90 Å². The Labute approximate surface area is 166 Å². The zero-order chi connectivity index (χ0) is 19.9. The predicted octanol–water partition coefficient (Wildman–Crippen LogP) is 2.67. The number of esters is 1. The number of nitrogens with zero attached hydrogens (tertiary/aromatic N) is 2. The summed E-state index contributed by atoms with van der Waals surface area (Å²) in [4.78, 5) is 15.9. The minimum absolute atomic E-state index is 0.144. The van der Waals surface area contributed by atoms with E-state index in [2.05, 4.69) is 9.80 Å². The van der Waals surface area contributed by atoms with Gasteiger partial charge in [-0.1, -0.05) is 0 Å². The van der Waals surface area contributed by atoms with Gasteiger partial charge in [-0.3, -0.25) is 9.69 Å². The monoisotopic (exact) mass is 393 g/mol. The summed E-state index contributed by atoms with van der Waals surface area (Å²) in [5, 5.41) is 0. The predicted molar refractivity (Wildman–Crippen MR) is 108 cm³/mol. The van der Waals surface area contributed by atoms with Gasteiger partial charge < -0.3 is 20.1 Å². The maximum absolute atomic E-state index is 13.7. The number of halogens is 1. The summed E-state index contributed by atoms with van der Waals surface area (Å²) in [6.07, 6.45) is 4.30. The number of hydrogen-bond acceptors (Lipinski definition) is 6. The third-order valence-electron chi connectivity index (χ3n) is 5.72. The van der Waals surface area contributed by atoms with Gasteiger partial charge in [0.1, 0.15) is 5.82 Å². The highest BCUT2D eigenvalue weighted by Gasteiger charge is 2.24. The molecule has 0 bridgehead atoms. The molecular weight excluding hydrogens is 361 g/mol. The van der Waals surface area contributed by atoms with Crippen molar-refractivity contribution in [3.8, 4) is 0 Å². The molecule has 2 aliphatic heterocycles. The van der Waals surface area contributed by atoms with Crippen molar-refractivity contribution in [3.05, 3.63) is 24.0 Å². The second kappa shape index (κ2) is 10.1. The lowest BCUT2D eigenvalue weighted by Crippen LogP contribution is -2.41. The maximum atomic E-state index is 13.7. The summed E-state index contributed by atoms with van der Waals surface area (Å²) in [6.45, 7) is 7.01. The van der Waals surface area contributed by atoms with Crippen LogP contribution < -0.4 is 10.6 Å². The van der Waals surface area contributed by atoms with Crippen molar-refractivity contribution < 1.29 is 18.7 Å². The van der Waals surface area contributed by atoms with Gasteiger partial charge in [0.2, 0.25) is 0 Å². The molecule has 6 nitrogen and oxygen atoms in total. The van der Waals surface area contributed by atoms with Crippen molar-refractivity contribution in [2.75, 3.05) is 56.6 Å². The molecule has 0 aliphatic carbocycles. The summed E-state index contributed by atoms with van der Waals surface area (Å²) in [6, 6.07) is 5.05. The molecule has 2 aliphatic rings. The van der Waals surface area contributed by atoms with E-state index in [0.29, 0.717) is 19.1 Å². The van der Waals surface area contributed by atoms with Crippen LogP contribution in [0.4, 0.5) is 15.8 Å². The molecule has 7 heteroatoms. The van der Waals surface area contributed by atoms with Crippen molar-refractivity contribution >= 4 is 17.3 Å². The number of nitrogen functional groups attached to an aromatic ring is 1. The first-order chi connectivity index (χ1) is 13.5. The average Bonchev–Trinajstić information content (AvgIpc) is 2.70. The van der Waals surface area contributed by atoms with Gasteiger partial charge in [0, 0.05) is 38.5 Å². The van der Waals surface area contributed by atoms with Crippen LogP contribution in [0.3, 0.4) is 0 Å². The Morgan fingerprint density at radius 2 is 1.89 bits per heavy atom. The fourth-order valence-electron chi connectivity index (χ4n) is 3.97. The Kier molecular flexibility index (Phi) is 7.50. The van der Waals surface area contributed by atoms with E-state index in [1.54, 1.807) is 6.07 Å². The normalized spacial score (nSPS) is 19.7. The van der Waals surface area contributed by atoms with Crippen LogP contribution in [0.2, 0.25) is 0 Å². The zero-order valence-corrected chi connectivity index (χ0v) is 16.7. The molecule has 2 N–H and O–H groups in total. The number of ether oxygens (including phenoxy) is 2. The lowest BCUT2D eigenvalue weighted by molar-refractivity contribution is -0.145. The van der Waals surface area contributed by atoms with Crippen LogP contribution in [0.15, 0.2) is 18.2 Å². The molecule has 0 aromatic heterocycles. The molecule has 0 spiro atoms. The number of carbonyl (C=O) groups excluding carboxylic acids is 1. The van der Waals surface area contributed by atoms with Crippen molar-refractivity contribution in [2.45, 2.75) is 38.7 Å². The van der Waals surface area contributed by atoms with Crippen LogP contribution >= 0.6 is 0 Å². The van der Waals surface area contributed by atoms with Gasteiger partial charge in [0.05, 0.1) is 24.9 Å². The lowest BCUT2D eigenvalue weighted by atomic mass is 9.97. The number of carbonyl (C=O) groups is 1. The molecule has 2 heterocycles. The van der Waals surface area contributed by atoms with E-state index in [0.717, 1.165) is 64.2 Å². The van der Waals surface area contributed by atoms with E-state index < -0.39 is 0 Å². The van der Waals surface area contributed by atoms with E-state index in [9.17, 15) is 9.18 Å². The van der Waals surface area contributed by atoms with Gasteiger partial charge in [-0.15, -0.1) is 0 Å². The maximum Gasteiger partial charge on any atom is 0.320 e. The van der Waals surface area contributed by atoms with Crippen LogP contribution in [0, 0.1) is 11.7 Å². The molecule has 0 atom stereocenters. The molecule has 0 unspecified atom stereocenters. The Hall–Kier alpha value is -1.86. The summed E-state index contributed by atoms with van der Waals surface area (Å²) >= 11 is 0. The van der Waals surface area contributed by atoms with Gasteiger partial charge in [-0.2, -0.15) is 0 Å². The van der Waals surface area contributed by atoms with Gasteiger partial charge in [-0.25, -0.2) is 4.39 Å². The van der Waals surface area contributed by atoms with Crippen molar-refractivity contribution in [2.24, 2.45) is 5.92 Å². The Balaban J connectivity index is 1.34. The molecule has 0 amide bonds. The third kappa shape index (κ3) is 5.82. The third-order valence-corrected chi connectivity index (χ3v) is 5.72. The molecule has 156 valence electrons. The summed E-state index contributed by atoms with van der Waals surface area (Å²) < 4.78 is 24.8. The first kappa shape index (κ1) is 20.9. The number of nitrogens with two attached hydrogens (primary N) is 1. The molecule has 0 radical (unpaired) electrons. The van der Waals surface area contributed by atoms with Crippen LogP contribution in [0.1, 0.15) is 32.6 Å². The first-order valence-corrected chi connectivity index (χ1v) is 10.3. The number of hydrogen-bond donors (Lipinski definition) is 1. The molecule has 2 saturated heterocycles. The van der Waals surface area contributed by atoms with Gasteiger partial charge >= 0.3 is 5.97 Å². The van der Waals surface area contributed by atoms with E-state index in [4.69, 9.17) is 15.2 Å². The van der Waals surface area contributed by atoms with Gasteiger partial charge in [0.25, 0.3) is 0 Å². The molecule has 0 saturated carbocycles. The fourth-order valence-corrected chi connectivity index (χ4v) is 3.97. The molecule has 1 aromatic carbocycles. The largest absolute Gasteiger partial charge is 0.465 e. The second-order valence-corrected chi connectivity index (χ2v) is 7.75. The lowest BCUT2D eigenvalue weighted by Gasteiger charge is -2.35. The summed E-state index contributed by atoms with van der Waals surface area (Å²) in [7, 11) is 0. The smallest absolute Gasteiger partial charge is 0.320 e. The summed E-state index contributed by atoms with van der Waals surface area (Å²) in [5.41, 5.74) is 6.66. The van der Waals surface area contributed by atoms with E-state index in [-0.39, 0.29) is 23.6 Å². The average molecular weight is 394 g/mol. The minimum atomic E-state index is -0.350. The van der Waals surface area contributed by atoms with Gasteiger partial charge in [-0.05, 0) is 56.7 Å². The van der Waals surface area contributed by atoms with Crippen LogP contribution in [-0.4, -0.2) is 62.9 Å². The van der Waals surface area contributed by atoms with Crippen molar-refractivity contribution in [1.29, 1.82) is 0 Å². The highest BCUT2D eigenvalue weighted by Crippen LogP contribution is 2.26. The second-order valence-electron chi connectivity index (χ2n) is 7.75. The first-order valence-electron chi connectivity index (χ1n) is 10.3. The molecule has 3 rings (SSSR count). The standard InChI is InChI=1S/C21H32FN3O3/c1-2-27-21(26)14-24-9-7-18(8-10-24)28-15-16-5-11-25(12-6-16)17-3-4-20(23)19(22)13-17/h3-4,13,16,18H,2,5-12,14-15,23H2,1H3. The van der Waals surface area contributed by atoms with Crippen LogP contribution in [-0.2, 0) is 14.3 Å². The number of anilines is 2. The van der Waals surface area contributed by atoms with E-state index in [1.165, 1.54) is 6.07 Å². The van der Waals surface area contributed by atoms with Gasteiger partial charge in [0.15, 0.2) is 0 Å². The molecule has 2 fully saturated rings. The quantitative estimate of drug-likeness (QED) is 0.567. The van der Waals surface area contributed by atoms with Crippen LogP contribution in [0.25, 0.3) is 0 Å². The highest BCUT2D eigenvalue weighted by molar-refractivity contribution is 5.71. The number of rotatable bonds is 7. The van der Waals surface area contributed by atoms with E-state index >= 15 is 0 Å². The highest BCUT2D eigenvalue weighted by atomic mass is 19.1. The Morgan fingerprint density at radius 3 is 2.54 bits per heavy atom. The Morgan fingerprint density at radius 1 is 1.18 bits per heavy atom. The van der Waals surface area contributed by atoms with Crippen molar-refractivity contribution in [3.63, 3.8) is 0 Å². The summed E-state index contributed by atoms with van der Waals surface area (Å²) in [5.74, 6) is 0.0549. The molecular formula is C21H32FN3O3. The topological polar surface area (TPSA) is 68.0 Å².